The quantitative estimate of drug-likeness (QED) is 0.793. The minimum atomic E-state index is -4.78. The lowest BCUT2D eigenvalue weighted by molar-refractivity contribution is -0.274. The van der Waals surface area contributed by atoms with E-state index in [9.17, 15) is 18.0 Å². The predicted octanol–water partition coefficient (Wildman–Crippen LogP) is 3.46. The minimum Gasteiger partial charge on any atom is -0.496 e. The van der Waals surface area contributed by atoms with Crippen LogP contribution in [0.3, 0.4) is 0 Å². The topological polar surface area (TPSA) is 35.5 Å². The lowest BCUT2D eigenvalue weighted by Gasteiger charge is -2.14. The molecule has 1 atom stereocenters. The Kier molecular flexibility index (Phi) is 4.45. The Morgan fingerprint density at radius 2 is 2.00 bits per heavy atom. The molecule has 1 aromatic carbocycles. The molecule has 0 aliphatic rings. The molecule has 0 aliphatic carbocycles. The maximum atomic E-state index is 12.0. The first kappa shape index (κ1) is 14.6. The Morgan fingerprint density at radius 1 is 1.39 bits per heavy atom. The van der Waals surface area contributed by atoms with Crippen LogP contribution in [-0.4, -0.2) is 19.3 Å². The number of hydrogen-bond acceptors (Lipinski definition) is 3. The van der Waals surface area contributed by atoms with Crippen LogP contribution in [0.2, 0.25) is 0 Å². The molecule has 18 heavy (non-hydrogen) atoms. The molecule has 1 aromatic rings. The summed E-state index contributed by atoms with van der Waals surface area (Å²) in [5.41, 5.74) is 0.293. The molecular formula is C11H10ClF3O3. The fourth-order valence-corrected chi connectivity index (χ4v) is 1.50. The van der Waals surface area contributed by atoms with E-state index in [-0.39, 0.29) is 11.5 Å². The second-order valence-corrected chi connectivity index (χ2v) is 3.86. The number of hydrogen-bond donors (Lipinski definition) is 0. The van der Waals surface area contributed by atoms with Crippen LogP contribution in [0.4, 0.5) is 13.2 Å². The molecule has 0 fully saturated rings. The lowest BCUT2D eigenvalue weighted by atomic mass is 10.1. The van der Waals surface area contributed by atoms with Crippen LogP contribution in [0.5, 0.6) is 11.5 Å². The number of ether oxygens (including phenoxy) is 2. The fourth-order valence-electron chi connectivity index (χ4n) is 1.32. The molecule has 100 valence electrons. The van der Waals surface area contributed by atoms with Gasteiger partial charge in [-0.15, -0.1) is 24.8 Å². The molecule has 1 rings (SSSR count). The monoisotopic (exact) mass is 282 g/mol. The van der Waals surface area contributed by atoms with Gasteiger partial charge in [0.2, 0.25) is 0 Å². The summed E-state index contributed by atoms with van der Waals surface area (Å²) in [6.07, 6.45) is -4.78. The average molecular weight is 283 g/mol. The van der Waals surface area contributed by atoms with Gasteiger partial charge < -0.3 is 9.47 Å². The van der Waals surface area contributed by atoms with E-state index in [0.717, 1.165) is 12.1 Å². The summed E-state index contributed by atoms with van der Waals surface area (Å²) in [6, 6.07) is 3.36. The van der Waals surface area contributed by atoms with Gasteiger partial charge in [0, 0.05) is 11.6 Å². The van der Waals surface area contributed by atoms with Gasteiger partial charge in [-0.05, 0) is 19.1 Å². The van der Waals surface area contributed by atoms with Crippen molar-refractivity contribution in [1.29, 1.82) is 0 Å². The Hall–Kier alpha value is -1.43. The highest BCUT2D eigenvalue weighted by molar-refractivity contribution is 6.31. The average Bonchev–Trinajstić information content (AvgIpc) is 2.25. The molecule has 0 saturated heterocycles. The van der Waals surface area contributed by atoms with Gasteiger partial charge in [-0.2, -0.15) is 0 Å². The highest BCUT2D eigenvalue weighted by Gasteiger charge is 2.31. The van der Waals surface area contributed by atoms with Gasteiger partial charge in [-0.25, -0.2) is 0 Å². The molecular weight excluding hydrogens is 273 g/mol. The zero-order valence-electron chi connectivity index (χ0n) is 9.55. The third kappa shape index (κ3) is 3.80. The summed E-state index contributed by atoms with van der Waals surface area (Å²) in [6.45, 7) is 1.28. The molecule has 0 spiro atoms. The number of carbonyl (C=O) groups excluding carboxylic acids is 1. The minimum absolute atomic E-state index is 0.0620. The van der Waals surface area contributed by atoms with Gasteiger partial charge in [-0.1, -0.05) is 0 Å². The summed E-state index contributed by atoms with van der Waals surface area (Å²) in [5, 5.41) is -0.972. The van der Waals surface area contributed by atoms with Crippen molar-refractivity contribution in [2.75, 3.05) is 7.11 Å². The van der Waals surface area contributed by atoms with E-state index in [0.29, 0.717) is 5.56 Å². The van der Waals surface area contributed by atoms with Gasteiger partial charge in [0.05, 0.1) is 7.11 Å². The number of alkyl halides is 4. The van der Waals surface area contributed by atoms with Gasteiger partial charge in [0.25, 0.3) is 0 Å². The van der Waals surface area contributed by atoms with E-state index in [1.54, 1.807) is 0 Å². The first-order valence-electron chi connectivity index (χ1n) is 4.83. The van der Waals surface area contributed by atoms with Crippen molar-refractivity contribution in [2.45, 2.75) is 18.7 Å². The van der Waals surface area contributed by atoms with Crippen molar-refractivity contribution in [1.82, 2.24) is 0 Å². The zero-order valence-corrected chi connectivity index (χ0v) is 10.3. The lowest BCUT2D eigenvalue weighted by Crippen LogP contribution is -2.17. The van der Waals surface area contributed by atoms with Crippen LogP contribution >= 0.6 is 11.6 Å². The number of rotatable bonds is 4. The van der Waals surface area contributed by atoms with Crippen LogP contribution in [0.15, 0.2) is 18.2 Å². The molecule has 0 heterocycles. The molecule has 0 N–H and O–H groups in total. The molecule has 3 nitrogen and oxygen atoms in total. The van der Waals surface area contributed by atoms with Crippen molar-refractivity contribution in [3.05, 3.63) is 23.8 Å². The number of carbonyl (C=O) groups is 1. The van der Waals surface area contributed by atoms with Gasteiger partial charge in [0.1, 0.15) is 16.9 Å². The normalized spacial score (nSPS) is 13.0. The maximum absolute atomic E-state index is 12.0. The zero-order chi connectivity index (χ0) is 13.9. The Morgan fingerprint density at radius 3 is 2.44 bits per heavy atom. The first-order chi connectivity index (χ1) is 8.24. The van der Waals surface area contributed by atoms with Crippen LogP contribution in [0.25, 0.3) is 0 Å². The second-order valence-electron chi connectivity index (χ2n) is 3.42. The predicted molar refractivity (Wildman–Crippen MR) is 59.0 cm³/mol. The van der Waals surface area contributed by atoms with Crippen LogP contribution in [0.1, 0.15) is 17.9 Å². The summed E-state index contributed by atoms with van der Waals surface area (Å²) in [5.74, 6) is -0.707. The van der Waals surface area contributed by atoms with E-state index in [1.165, 1.54) is 20.1 Å². The highest BCUT2D eigenvalue weighted by atomic mass is 35.5. The molecule has 0 amide bonds. The smallest absolute Gasteiger partial charge is 0.496 e. The van der Waals surface area contributed by atoms with Crippen molar-refractivity contribution >= 4 is 17.4 Å². The summed E-state index contributed by atoms with van der Waals surface area (Å²) < 4.78 is 44.7. The largest absolute Gasteiger partial charge is 0.573 e. The Bertz CT molecular complexity index is 446. The third-order valence-corrected chi connectivity index (χ3v) is 2.61. The first-order valence-corrected chi connectivity index (χ1v) is 5.26. The van der Waals surface area contributed by atoms with E-state index in [2.05, 4.69) is 4.74 Å². The van der Waals surface area contributed by atoms with Gasteiger partial charge in [0.15, 0.2) is 5.78 Å². The van der Waals surface area contributed by atoms with Crippen LogP contribution < -0.4 is 9.47 Å². The van der Waals surface area contributed by atoms with Crippen LogP contribution in [-0.2, 0) is 4.79 Å². The Balaban J connectivity index is 3.07. The maximum Gasteiger partial charge on any atom is 0.573 e. The van der Waals surface area contributed by atoms with E-state index >= 15 is 0 Å². The highest BCUT2D eigenvalue weighted by Crippen LogP contribution is 2.34. The molecule has 1 unspecified atom stereocenters. The van der Waals surface area contributed by atoms with Crippen LogP contribution in [0, 0.1) is 0 Å². The number of benzene rings is 1. The Labute approximate surface area is 106 Å². The second kappa shape index (κ2) is 5.48. The van der Waals surface area contributed by atoms with E-state index < -0.39 is 17.5 Å². The number of ketones is 1. The van der Waals surface area contributed by atoms with E-state index in [4.69, 9.17) is 16.3 Å². The third-order valence-electron chi connectivity index (χ3n) is 2.07. The molecule has 0 aliphatic heterocycles. The van der Waals surface area contributed by atoms with E-state index in [1.807, 2.05) is 0 Å². The number of Topliss-reactive ketones (excluding diaryl/α,β-unsaturated/α-hetero) is 1. The summed E-state index contributed by atoms with van der Waals surface area (Å²) in [4.78, 5) is 11.1. The van der Waals surface area contributed by atoms with Crippen molar-refractivity contribution < 1.29 is 27.4 Å². The molecule has 0 radical (unpaired) electrons. The van der Waals surface area contributed by atoms with Gasteiger partial charge in [-0.3, -0.25) is 4.79 Å². The fraction of sp³-hybridized carbons (Fsp3) is 0.364. The van der Waals surface area contributed by atoms with Gasteiger partial charge >= 0.3 is 6.36 Å². The SMILES string of the molecule is COc1cc(OC(F)(F)F)ccc1C(Cl)C(C)=O. The van der Waals surface area contributed by atoms with Crippen molar-refractivity contribution in [3.8, 4) is 11.5 Å². The number of halogens is 4. The molecule has 0 bridgehead atoms. The number of methoxy groups -OCH3 is 1. The molecule has 0 aromatic heterocycles. The molecule has 7 heteroatoms. The van der Waals surface area contributed by atoms with Crippen molar-refractivity contribution in [2.24, 2.45) is 0 Å². The molecule has 0 saturated carbocycles. The summed E-state index contributed by atoms with van der Waals surface area (Å²) >= 11 is 5.82. The van der Waals surface area contributed by atoms with Crippen molar-refractivity contribution in [3.63, 3.8) is 0 Å². The summed E-state index contributed by atoms with van der Waals surface area (Å²) in [7, 11) is 1.26. The standard InChI is InChI=1S/C11H10ClF3O3/c1-6(16)10(12)8-4-3-7(5-9(8)17-2)18-11(13,14)15/h3-5,10H,1-2H3.